The Balaban J connectivity index is 2.73. The van der Waals surface area contributed by atoms with Gasteiger partial charge >= 0.3 is 0 Å². The lowest BCUT2D eigenvalue weighted by molar-refractivity contribution is 0.686. The molecule has 4 N–H and O–H groups in total. The minimum Gasteiger partial charge on any atom is -0.381 e. The Hall–Kier alpha value is -1.70. The van der Waals surface area contributed by atoms with E-state index in [-0.39, 0.29) is 5.82 Å². The summed E-state index contributed by atoms with van der Waals surface area (Å²) in [5.41, 5.74) is 5.84. The van der Waals surface area contributed by atoms with Crippen LogP contribution in [-0.2, 0) is 0 Å². The number of anilines is 2. The van der Waals surface area contributed by atoms with Gasteiger partial charge in [0, 0.05) is 6.54 Å². The Morgan fingerprint density at radius 1 is 1.69 bits per heavy atom. The van der Waals surface area contributed by atoms with Gasteiger partial charge < -0.3 is 11.1 Å². The predicted molar refractivity (Wildman–Crippen MR) is 51.0 cm³/mol. The third-order valence-electron chi connectivity index (χ3n) is 1.59. The number of aromatic amines is 1. The molecule has 0 unspecified atom stereocenters. The van der Waals surface area contributed by atoms with Gasteiger partial charge in [-0.25, -0.2) is 0 Å². The Bertz CT molecular complexity index is 320. The summed E-state index contributed by atoms with van der Waals surface area (Å²) in [5.74, 6) is 1.36. The summed E-state index contributed by atoms with van der Waals surface area (Å²) in [6, 6.07) is 1.99. The minimum absolute atomic E-state index is 0.244. The van der Waals surface area contributed by atoms with Crippen LogP contribution in [-0.4, -0.2) is 16.7 Å². The molecule has 1 rings (SSSR count). The quantitative estimate of drug-likeness (QED) is 0.643. The number of nitrogens with zero attached hydrogens (tertiary/aromatic N) is 2. The first-order valence-corrected chi connectivity index (χ1v) is 4.13. The maximum atomic E-state index is 8.72. The molecule has 0 aliphatic carbocycles. The molecular weight excluding hydrogens is 166 g/mol. The van der Waals surface area contributed by atoms with Crippen molar-refractivity contribution in [3.05, 3.63) is 5.56 Å². The number of rotatable bonds is 3. The molecule has 0 fully saturated rings. The van der Waals surface area contributed by atoms with Gasteiger partial charge in [-0.05, 0) is 5.92 Å². The predicted octanol–water partition coefficient (Wildman–Crippen LogP) is 0.931. The van der Waals surface area contributed by atoms with Crippen LogP contribution in [0.15, 0.2) is 0 Å². The van der Waals surface area contributed by atoms with Gasteiger partial charge in [0.05, 0.1) is 0 Å². The summed E-state index contributed by atoms with van der Waals surface area (Å²) in [5, 5.41) is 18.2. The van der Waals surface area contributed by atoms with Crippen molar-refractivity contribution in [3.8, 4) is 6.07 Å². The van der Waals surface area contributed by atoms with E-state index in [0.717, 1.165) is 6.54 Å². The molecule has 0 aromatic carbocycles. The van der Waals surface area contributed by atoms with Crippen LogP contribution in [0, 0.1) is 17.2 Å². The van der Waals surface area contributed by atoms with Crippen LogP contribution in [0.2, 0.25) is 0 Å². The first-order chi connectivity index (χ1) is 6.15. The zero-order valence-corrected chi connectivity index (χ0v) is 7.76. The van der Waals surface area contributed by atoms with Crippen molar-refractivity contribution < 1.29 is 0 Å². The molecule has 1 aromatic heterocycles. The van der Waals surface area contributed by atoms with E-state index in [1.807, 2.05) is 6.07 Å². The van der Waals surface area contributed by atoms with Gasteiger partial charge in [-0.2, -0.15) is 10.4 Å². The van der Waals surface area contributed by atoms with E-state index in [2.05, 4.69) is 29.4 Å². The molecule has 13 heavy (non-hydrogen) atoms. The highest BCUT2D eigenvalue weighted by Crippen LogP contribution is 2.16. The van der Waals surface area contributed by atoms with E-state index >= 15 is 0 Å². The number of aromatic nitrogens is 2. The molecule has 5 heteroatoms. The molecule has 0 saturated carbocycles. The van der Waals surface area contributed by atoms with Gasteiger partial charge in [-0.3, -0.25) is 5.10 Å². The fourth-order valence-electron chi connectivity index (χ4n) is 0.903. The van der Waals surface area contributed by atoms with E-state index in [0.29, 0.717) is 17.3 Å². The van der Waals surface area contributed by atoms with Crippen LogP contribution in [0.4, 0.5) is 11.6 Å². The second-order valence-electron chi connectivity index (χ2n) is 3.25. The number of H-pyrrole nitrogens is 1. The fraction of sp³-hybridized carbons (Fsp3) is 0.500. The van der Waals surface area contributed by atoms with Gasteiger partial charge in [-0.15, -0.1) is 0 Å². The fourth-order valence-corrected chi connectivity index (χ4v) is 0.903. The van der Waals surface area contributed by atoms with Crippen LogP contribution in [0.3, 0.4) is 0 Å². The number of nitriles is 1. The maximum Gasteiger partial charge on any atom is 0.165 e. The Morgan fingerprint density at radius 2 is 2.38 bits per heavy atom. The van der Waals surface area contributed by atoms with E-state index in [4.69, 9.17) is 11.0 Å². The van der Waals surface area contributed by atoms with Crippen LogP contribution >= 0.6 is 0 Å². The van der Waals surface area contributed by atoms with E-state index < -0.39 is 0 Å². The van der Waals surface area contributed by atoms with Crippen LogP contribution in [0.1, 0.15) is 19.4 Å². The molecule has 1 heterocycles. The molecule has 0 radical (unpaired) electrons. The monoisotopic (exact) mass is 179 g/mol. The van der Waals surface area contributed by atoms with E-state index in [9.17, 15) is 0 Å². The van der Waals surface area contributed by atoms with Crippen molar-refractivity contribution >= 4 is 11.6 Å². The third kappa shape index (κ3) is 2.12. The van der Waals surface area contributed by atoms with Gasteiger partial charge in [-0.1, -0.05) is 13.8 Å². The van der Waals surface area contributed by atoms with Crippen LogP contribution < -0.4 is 11.1 Å². The van der Waals surface area contributed by atoms with E-state index in [1.54, 1.807) is 0 Å². The number of nitrogens with two attached hydrogens (primary N) is 1. The summed E-state index contributed by atoms with van der Waals surface area (Å²) in [4.78, 5) is 0. The van der Waals surface area contributed by atoms with Gasteiger partial charge in [0.25, 0.3) is 0 Å². The second-order valence-corrected chi connectivity index (χ2v) is 3.25. The lowest BCUT2D eigenvalue weighted by Crippen LogP contribution is -2.09. The molecular formula is C8H13N5. The smallest absolute Gasteiger partial charge is 0.165 e. The van der Waals surface area contributed by atoms with Crippen LogP contribution in [0.25, 0.3) is 0 Å². The molecule has 0 aliphatic heterocycles. The molecule has 0 bridgehead atoms. The van der Waals surface area contributed by atoms with Crippen molar-refractivity contribution in [2.45, 2.75) is 13.8 Å². The molecule has 0 aliphatic rings. The van der Waals surface area contributed by atoms with Gasteiger partial charge in [0.15, 0.2) is 5.82 Å². The minimum atomic E-state index is 0.244. The first kappa shape index (κ1) is 9.39. The molecule has 0 atom stereocenters. The lowest BCUT2D eigenvalue weighted by Gasteiger charge is -2.05. The average molecular weight is 179 g/mol. The topological polar surface area (TPSA) is 90.5 Å². The largest absolute Gasteiger partial charge is 0.381 e. The van der Waals surface area contributed by atoms with Crippen molar-refractivity contribution in [2.75, 3.05) is 17.6 Å². The number of nitrogen functional groups attached to an aromatic ring is 1. The SMILES string of the molecule is CC(C)CNc1[nH]nc(N)c1C#N. The Morgan fingerprint density at radius 3 is 2.92 bits per heavy atom. The second kappa shape index (κ2) is 3.81. The summed E-state index contributed by atoms with van der Waals surface area (Å²) in [6.07, 6.45) is 0. The standard InChI is InChI=1S/C8H13N5/c1-5(2)4-11-8-6(3-9)7(10)12-13-8/h5H,4H2,1-2H3,(H4,10,11,12,13). The highest BCUT2D eigenvalue weighted by atomic mass is 15.2. The highest BCUT2D eigenvalue weighted by Gasteiger charge is 2.09. The van der Waals surface area contributed by atoms with Crippen molar-refractivity contribution in [3.63, 3.8) is 0 Å². The summed E-state index contributed by atoms with van der Waals surface area (Å²) < 4.78 is 0. The lowest BCUT2D eigenvalue weighted by atomic mass is 10.2. The van der Waals surface area contributed by atoms with Crippen molar-refractivity contribution in [1.29, 1.82) is 5.26 Å². The first-order valence-electron chi connectivity index (χ1n) is 4.13. The maximum absolute atomic E-state index is 8.72. The Kier molecular flexibility index (Phi) is 2.75. The number of hydrogen-bond donors (Lipinski definition) is 3. The molecule has 0 amide bonds. The summed E-state index contributed by atoms with van der Waals surface area (Å²) >= 11 is 0. The number of hydrogen-bond acceptors (Lipinski definition) is 4. The third-order valence-corrected chi connectivity index (χ3v) is 1.59. The average Bonchev–Trinajstić information content (AvgIpc) is 2.42. The normalized spacial score (nSPS) is 10.0. The summed E-state index contributed by atoms with van der Waals surface area (Å²) in [7, 11) is 0. The molecule has 1 aromatic rings. The molecule has 70 valence electrons. The molecule has 0 saturated heterocycles. The molecule has 5 nitrogen and oxygen atoms in total. The van der Waals surface area contributed by atoms with Gasteiger partial charge in [0.1, 0.15) is 17.5 Å². The van der Waals surface area contributed by atoms with Crippen LogP contribution in [0.5, 0.6) is 0 Å². The summed E-state index contributed by atoms with van der Waals surface area (Å²) in [6.45, 7) is 4.95. The zero-order chi connectivity index (χ0) is 9.84. The molecule has 0 spiro atoms. The highest BCUT2D eigenvalue weighted by molar-refractivity contribution is 5.62. The van der Waals surface area contributed by atoms with Gasteiger partial charge in [0.2, 0.25) is 0 Å². The zero-order valence-electron chi connectivity index (χ0n) is 7.76. The number of nitrogens with one attached hydrogen (secondary N) is 2. The van der Waals surface area contributed by atoms with Crippen molar-refractivity contribution in [1.82, 2.24) is 10.2 Å². The van der Waals surface area contributed by atoms with Crippen molar-refractivity contribution in [2.24, 2.45) is 5.92 Å². The Labute approximate surface area is 76.9 Å². The van der Waals surface area contributed by atoms with E-state index in [1.165, 1.54) is 0 Å².